The van der Waals surface area contributed by atoms with Crippen molar-refractivity contribution in [3.8, 4) is 86.0 Å². The molecule has 0 radical (unpaired) electrons. The summed E-state index contributed by atoms with van der Waals surface area (Å²) in [6, 6.07) is 150. The van der Waals surface area contributed by atoms with E-state index in [1.165, 1.54) is 94.5 Å². The normalized spacial score (nSPS) is 12.0. The van der Waals surface area contributed by atoms with E-state index >= 15 is 0 Å². The molecule has 0 bridgehead atoms. The second kappa shape index (κ2) is 40.8. The van der Waals surface area contributed by atoms with Crippen molar-refractivity contribution in [1.82, 2.24) is 24.9 Å². The third-order valence-corrected chi connectivity index (χ3v) is 29.5. The van der Waals surface area contributed by atoms with Crippen LogP contribution < -0.4 is 24.5 Å². The van der Waals surface area contributed by atoms with Crippen LogP contribution in [-0.2, 0) is 0 Å². The molecular formula is C120H75N15S5. The summed E-state index contributed by atoms with van der Waals surface area (Å²) < 4.78 is 0. The van der Waals surface area contributed by atoms with Gasteiger partial charge in [-0.1, -0.05) is 241 Å². The number of anilines is 15. The van der Waals surface area contributed by atoms with Crippen LogP contribution in [0, 0.1) is 56.7 Å². The number of hydrogen-bond acceptors (Lipinski definition) is 20. The van der Waals surface area contributed by atoms with Gasteiger partial charge in [0, 0.05) is 149 Å². The summed E-state index contributed by atoms with van der Waals surface area (Å²) in [4.78, 5) is 44.6. The molecule has 15 aromatic carbocycles. The quantitative estimate of drug-likeness (QED) is 0.125. The molecule has 5 aromatic heterocycles. The number of nitriles is 5. The van der Waals surface area contributed by atoms with Gasteiger partial charge in [0.25, 0.3) is 0 Å². The van der Waals surface area contributed by atoms with Crippen molar-refractivity contribution in [2.75, 3.05) is 24.5 Å². The monoisotopic (exact) mass is 1890 g/mol. The number of fused-ring (bicyclic) bond motifs is 10. The zero-order valence-corrected chi connectivity index (χ0v) is 78.6. The van der Waals surface area contributed by atoms with Crippen LogP contribution in [0.4, 0.5) is 85.3 Å². The van der Waals surface area contributed by atoms with Crippen molar-refractivity contribution in [1.29, 1.82) is 26.3 Å². The van der Waals surface area contributed by atoms with E-state index in [-0.39, 0.29) is 0 Å². The van der Waals surface area contributed by atoms with Crippen LogP contribution in [0.5, 0.6) is 0 Å². The molecule has 0 fully saturated rings. The first-order valence-corrected chi connectivity index (χ1v) is 48.9. The lowest BCUT2D eigenvalue weighted by atomic mass is 10.0. The van der Waals surface area contributed by atoms with Crippen molar-refractivity contribution in [2.24, 2.45) is 0 Å². The lowest BCUT2D eigenvalue weighted by molar-refractivity contribution is 1.17. The van der Waals surface area contributed by atoms with Crippen molar-refractivity contribution < 1.29 is 0 Å². The Morgan fingerprint density at radius 2 is 0.500 bits per heavy atom. The third kappa shape index (κ3) is 18.5. The van der Waals surface area contributed by atoms with Gasteiger partial charge in [-0.3, -0.25) is 15.0 Å². The lowest BCUT2D eigenvalue weighted by Gasteiger charge is -2.33. The molecule has 0 N–H and O–H groups in total. The minimum Gasteiger partial charge on any atom is -0.308 e. The van der Waals surface area contributed by atoms with E-state index in [2.05, 4.69) is 419 Å². The van der Waals surface area contributed by atoms with Crippen LogP contribution in [0.2, 0.25) is 0 Å². The van der Waals surface area contributed by atoms with E-state index in [1.807, 2.05) is 54.6 Å². The standard InChI is InChI=1S/5C24H15N3S/c25-14-17-12-19(16-26-15-17)18-6-5-7-20(13-18)27-21-8-1-3-10-23(21)28-24-11-4-2-9-22(24)27;25-16-19-14-18(12-13-26-19)17-6-5-7-20(15-17)27-21-8-1-3-10-23(21)28-24-11-4-2-9-22(24)27;25-15-18-16-26-13-12-20(18)17-6-5-7-19(14-17)27-21-8-1-3-10-23(21)28-24-11-4-2-9-22(24)27;25-15-19-13-12-18(16-26-19)17-6-5-7-20(14-17)27-21-8-1-3-10-23(21)28-24-11-4-2-9-22(24)27;25-15-18-12-13-26-16-20(18)17-6-5-7-19(14-17)27-21-8-1-3-10-23(21)28-24-11-4-2-9-22(24)27/h1-13,15-16H;1-15H;3*1-14,16H. The second-order valence-electron chi connectivity index (χ2n) is 32.3. The summed E-state index contributed by atoms with van der Waals surface area (Å²) in [5.41, 5.74) is 29.6. The topological polar surface area (TPSA) is 200 Å². The molecule has 5 aliphatic rings. The number of rotatable bonds is 10. The molecule has 20 heteroatoms. The molecule has 15 nitrogen and oxygen atoms in total. The molecule has 0 saturated carbocycles. The molecule has 0 amide bonds. The van der Waals surface area contributed by atoms with E-state index in [0.29, 0.717) is 28.1 Å². The van der Waals surface area contributed by atoms with Gasteiger partial charge in [0.2, 0.25) is 0 Å². The van der Waals surface area contributed by atoms with Crippen LogP contribution in [0.1, 0.15) is 28.1 Å². The molecule has 140 heavy (non-hydrogen) atoms. The maximum absolute atomic E-state index is 9.47. The summed E-state index contributed by atoms with van der Waals surface area (Å²) in [5, 5.41) is 46.2. The first-order valence-electron chi connectivity index (χ1n) is 44.8. The Hall–Kier alpha value is -17.8. The minimum atomic E-state index is 0.424. The Labute approximate surface area is 832 Å². The predicted octanol–water partition coefficient (Wildman–Crippen LogP) is 32.8. The summed E-state index contributed by atoms with van der Waals surface area (Å²) in [5.74, 6) is 0. The van der Waals surface area contributed by atoms with Gasteiger partial charge in [0.05, 0.1) is 79.6 Å². The van der Waals surface area contributed by atoms with Gasteiger partial charge in [-0.2, -0.15) is 26.3 Å². The van der Waals surface area contributed by atoms with Crippen LogP contribution >= 0.6 is 58.8 Å². The third-order valence-electron chi connectivity index (χ3n) is 23.8. The molecule has 25 rings (SSSR count). The average molecular weight is 1890 g/mol. The zero-order valence-electron chi connectivity index (χ0n) is 74.6. The fourth-order valence-corrected chi connectivity index (χ4v) is 22.7. The van der Waals surface area contributed by atoms with E-state index < -0.39 is 0 Å². The van der Waals surface area contributed by atoms with Gasteiger partial charge in [-0.25, -0.2) is 9.97 Å². The molecule has 5 aliphatic heterocycles. The molecule has 20 aromatic rings. The number of nitrogens with zero attached hydrogens (tertiary/aromatic N) is 15. The van der Waals surface area contributed by atoms with Gasteiger partial charge in [-0.15, -0.1) is 0 Å². The van der Waals surface area contributed by atoms with E-state index in [0.717, 1.165) is 95.4 Å². The van der Waals surface area contributed by atoms with Crippen LogP contribution in [0.3, 0.4) is 0 Å². The molecule has 0 aliphatic carbocycles. The highest BCUT2D eigenvalue weighted by molar-refractivity contribution is 8.00. The van der Waals surface area contributed by atoms with Crippen molar-refractivity contribution in [3.63, 3.8) is 0 Å². The molecule has 0 saturated heterocycles. The second-order valence-corrected chi connectivity index (χ2v) is 37.8. The highest BCUT2D eigenvalue weighted by Gasteiger charge is 2.31. The Morgan fingerprint density at radius 1 is 0.186 bits per heavy atom. The summed E-state index contributed by atoms with van der Waals surface area (Å²) in [7, 11) is 0. The Morgan fingerprint density at radius 3 is 0.843 bits per heavy atom. The highest BCUT2D eigenvalue weighted by atomic mass is 32.2. The molecule has 660 valence electrons. The van der Waals surface area contributed by atoms with Gasteiger partial charge in [0.15, 0.2) is 0 Å². The van der Waals surface area contributed by atoms with E-state index in [1.54, 1.807) is 121 Å². The van der Waals surface area contributed by atoms with E-state index in [4.69, 9.17) is 10.5 Å². The maximum Gasteiger partial charge on any atom is 0.141 e. The smallest absolute Gasteiger partial charge is 0.141 e. The first kappa shape index (κ1) is 88.8. The molecule has 0 atom stereocenters. The minimum absolute atomic E-state index is 0.424. The summed E-state index contributed by atoms with van der Waals surface area (Å²) in [6.07, 6.45) is 13.6. The lowest BCUT2D eigenvalue weighted by Crippen LogP contribution is -2.14. The maximum atomic E-state index is 9.47. The van der Waals surface area contributed by atoms with Gasteiger partial charge < -0.3 is 24.5 Å². The Bertz CT molecular complexity index is 7750. The SMILES string of the molecule is N#Cc1cc(-c2cccc(N3c4ccccc4Sc4ccccc43)c2)ccn1.N#Cc1ccc(-c2cccc(N3c4ccccc4Sc4ccccc43)c2)cn1.N#Cc1ccncc1-c1cccc(N2c3ccccc3Sc3ccccc32)c1.N#Cc1cncc(-c2cccc(N3c4ccccc4Sc4ccccc43)c2)c1.N#Cc1cnccc1-c1cccc(N2c3ccccc3Sc3ccccc32)c1. The van der Waals surface area contributed by atoms with E-state index in [9.17, 15) is 15.8 Å². The number of hydrogen-bond donors (Lipinski definition) is 0. The predicted molar refractivity (Wildman–Crippen MR) is 566 cm³/mol. The van der Waals surface area contributed by atoms with Gasteiger partial charge in [-0.05, 0) is 258 Å². The van der Waals surface area contributed by atoms with Crippen LogP contribution in [0.25, 0.3) is 55.6 Å². The fraction of sp³-hybridized carbons (Fsp3) is 0. The number of para-hydroxylation sites is 10. The summed E-state index contributed by atoms with van der Waals surface area (Å²) in [6.45, 7) is 0. The zero-order chi connectivity index (χ0) is 94.6. The van der Waals surface area contributed by atoms with Gasteiger partial charge in [0.1, 0.15) is 35.7 Å². The summed E-state index contributed by atoms with van der Waals surface area (Å²) >= 11 is 8.99. The average Bonchev–Trinajstić information content (AvgIpc) is 0.773. The molecular weight excluding hydrogens is 1810 g/mol. The van der Waals surface area contributed by atoms with Gasteiger partial charge >= 0.3 is 0 Å². The number of benzene rings is 15. The molecule has 0 unspecified atom stereocenters. The molecule has 10 heterocycles. The van der Waals surface area contributed by atoms with Crippen LogP contribution in [-0.4, -0.2) is 24.9 Å². The van der Waals surface area contributed by atoms with Crippen molar-refractivity contribution >= 4 is 144 Å². The number of pyridine rings is 5. The largest absolute Gasteiger partial charge is 0.308 e. The van der Waals surface area contributed by atoms with Crippen LogP contribution in [0.15, 0.2) is 505 Å². The number of aromatic nitrogens is 5. The Balaban J connectivity index is 0.000000104. The molecule has 0 spiro atoms. The van der Waals surface area contributed by atoms with Crippen molar-refractivity contribution in [3.05, 3.63) is 484 Å². The fourth-order valence-electron chi connectivity index (χ4n) is 17.4. The highest BCUT2D eigenvalue weighted by Crippen LogP contribution is 2.58. The first-order chi connectivity index (χ1) is 69.2. The Kier molecular flexibility index (Phi) is 25.9. The van der Waals surface area contributed by atoms with Crippen molar-refractivity contribution in [2.45, 2.75) is 49.0 Å².